The Balaban J connectivity index is 2.54. The van der Waals surface area contributed by atoms with E-state index < -0.39 is 0 Å². The molecule has 1 saturated heterocycles. The van der Waals surface area contributed by atoms with Crippen LogP contribution < -0.4 is 5.32 Å². The highest BCUT2D eigenvalue weighted by molar-refractivity contribution is 5.80. The lowest BCUT2D eigenvalue weighted by atomic mass is 10.0. The van der Waals surface area contributed by atoms with Crippen molar-refractivity contribution in [2.75, 3.05) is 33.4 Å². The van der Waals surface area contributed by atoms with Crippen LogP contribution in [0.1, 0.15) is 13.3 Å². The van der Waals surface area contributed by atoms with Gasteiger partial charge in [0.15, 0.2) is 0 Å². The maximum absolute atomic E-state index is 12.2. The number of hydrogen-bond acceptors (Lipinski definition) is 3. The number of ether oxygens (including phenoxy) is 1. The molecule has 2 atom stereocenters. The molecule has 1 fully saturated rings. The van der Waals surface area contributed by atoms with Crippen LogP contribution >= 0.6 is 0 Å². The summed E-state index contributed by atoms with van der Waals surface area (Å²) in [5.74, 6) is 0.325. The third-order valence-corrected chi connectivity index (χ3v) is 3.07. The maximum Gasteiger partial charge on any atom is 0.227 e. The molecule has 1 aliphatic heterocycles. The van der Waals surface area contributed by atoms with Gasteiger partial charge in [0.2, 0.25) is 5.91 Å². The van der Waals surface area contributed by atoms with Crippen LogP contribution in [-0.2, 0) is 9.53 Å². The molecule has 0 bridgehead atoms. The van der Waals surface area contributed by atoms with Crippen LogP contribution in [0.15, 0.2) is 12.7 Å². The van der Waals surface area contributed by atoms with Gasteiger partial charge in [0.25, 0.3) is 0 Å². The first-order valence-electron chi connectivity index (χ1n) is 5.82. The monoisotopic (exact) mass is 226 g/mol. The molecule has 16 heavy (non-hydrogen) atoms. The average Bonchev–Trinajstić information content (AvgIpc) is 2.69. The molecule has 4 heteroatoms. The van der Waals surface area contributed by atoms with Crippen molar-refractivity contribution in [2.24, 2.45) is 5.92 Å². The molecule has 1 amide bonds. The summed E-state index contributed by atoms with van der Waals surface area (Å²) in [5.41, 5.74) is 0. The molecule has 4 nitrogen and oxygen atoms in total. The van der Waals surface area contributed by atoms with E-state index in [1.54, 1.807) is 13.2 Å². The highest BCUT2D eigenvalue weighted by Gasteiger charge is 2.31. The summed E-state index contributed by atoms with van der Waals surface area (Å²) in [6, 6.07) is 0.280. The molecular formula is C12H22N2O2. The van der Waals surface area contributed by atoms with Gasteiger partial charge in [-0.2, -0.15) is 0 Å². The quantitative estimate of drug-likeness (QED) is 0.676. The molecular weight excluding hydrogens is 204 g/mol. The van der Waals surface area contributed by atoms with Gasteiger partial charge in [-0.3, -0.25) is 4.79 Å². The fraction of sp³-hybridized carbons (Fsp3) is 0.750. The standard InChI is InChI=1S/C12H22N2O2/c1-4-7-14(8-9-16-3)12(15)11-5-6-13-10(11)2/h4,10-11,13H,1,5-9H2,2-3H3. The Kier molecular flexibility index (Phi) is 5.49. The van der Waals surface area contributed by atoms with E-state index in [0.29, 0.717) is 19.7 Å². The number of carbonyl (C=O) groups is 1. The van der Waals surface area contributed by atoms with Gasteiger partial charge in [-0.25, -0.2) is 0 Å². The Morgan fingerprint density at radius 2 is 2.44 bits per heavy atom. The van der Waals surface area contributed by atoms with Crippen LogP contribution in [-0.4, -0.2) is 50.2 Å². The Morgan fingerprint density at radius 3 is 2.94 bits per heavy atom. The first-order valence-corrected chi connectivity index (χ1v) is 5.82. The minimum Gasteiger partial charge on any atom is -0.383 e. The molecule has 0 aromatic rings. The van der Waals surface area contributed by atoms with Crippen LogP contribution in [0.5, 0.6) is 0 Å². The van der Waals surface area contributed by atoms with E-state index in [0.717, 1.165) is 13.0 Å². The van der Waals surface area contributed by atoms with Crippen LogP contribution in [0, 0.1) is 5.92 Å². The number of amides is 1. The smallest absolute Gasteiger partial charge is 0.227 e. The fourth-order valence-electron chi connectivity index (χ4n) is 2.08. The zero-order chi connectivity index (χ0) is 12.0. The molecule has 0 aromatic carbocycles. The lowest BCUT2D eigenvalue weighted by Crippen LogP contribution is -2.41. The van der Waals surface area contributed by atoms with E-state index in [1.807, 2.05) is 4.90 Å². The molecule has 0 aliphatic carbocycles. The summed E-state index contributed by atoms with van der Waals surface area (Å²) in [5, 5.41) is 3.30. The van der Waals surface area contributed by atoms with Crippen molar-refractivity contribution in [3.63, 3.8) is 0 Å². The first-order chi connectivity index (χ1) is 7.70. The first kappa shape index (κ1) is 13.2. The van der Waals surface area contributed by atoms with Crippen LogP contribution in [0.3, 0.4) is 0 Å². The second-order valence-corrected chi connectivity index (χ2v) is 4.20. The van der Waals surface area contributed by atoms with E-state index in [-0.39, 0.29) is 17.9 Å². The van der Waals surface area contributed by atoms with Gasteiger partial charge in [0, 0.05) is 26.2 Å². The molecule has 0 radical (unpaired) electrons. The molecule has 1 rings (SSSR count). The minimum atomic E-state index is 0.108. The van der Waals surface area contributed by atoms with Crippen molar-refractivity contribution >= 4 is 5.91 Å². The second-order valence-electron chi connectivity index (χ2n) is 4.20. The van der Waals surface area contributed by atoms with Gasteiger partial charge in [-0.15, -0.1) is 6.58 Å². The van der Waals surface area contributed by atoms with Gasteiger partial charge >= 0.3 is 0 Å². The Labute approximate surface area is 97.6 Å². The summed E-state index contributed by atoms with van der Waals surface area (Å²) in [6.45, 7) is 8.51. The van der Waals surface area contributed by atoms with E-state index in [4.69, 9.17) is 4.74 Å². The predicted octanol–water partition coefficient (Wildman–Crippen LogP) is 0.645. The molecule has 0 saturated carbocycles. The fourth-order valence-corrected chi connectivity index (χ4v) is 2.08. The third kappa shape index (κ3) is 3.32. The minimum absolute atomic E-state index is 0.108. The Morgan fingerprint density at radius 1 is 1.69 bits per heavy atom. The maximum atomic E-state index is 12.2. The molecule has 2 unspecified atom stereocenters. The number of methoxy groups -OCH3 is 1. The van der Waals surface area contributed by atoms with Gasteiger partial charge in [0.05, 0.1) is 12.5 Å². The topological polar surface area (TPSA) is 41.6 Å². The highest BCUT2D eigenvalue weighted by Crippen LogP contribution is 2.18. The number of nitrogens with zero attached hydrogens (tertiary/aromatic N) is 1. The zero-order valence-corrected chi connectivity index (χ0v) is 10.2. The van der Waals surface area contributed by atoms with Crippen LogP contribution in [0.4, 0.5) is 0 Å². The van der Waals surface area contributed by atoms with Gasteiger partial charge in [-0.05, 0) is 19.9 Å². The molecule has 0 spiro atoms. The van der Waals surface area contributed by atoms with E-state index in [9.17, 15) is 4.79 Å². The van der Waals surface area contributed by atoms with Crippen molar-refractivity contribution in [1.29, 1.82) is 0 Å². The molecule has 1 aliphatic rings. The summed E-state index contributed by atoms with van der Waals surface area (Å²) in [4.78, 5) is 14.1. The lowest BCUT2D eigenvalue weighted by Gasteiger charge is -2.25. The average molecular weight is 226 g/mol. The zero-order valence-electron chi connectivity index (χ0n) is 10.2. The number of carbonyl (C=O) groups excluding carboxylic acids is 1. The second kappa shape index (κ2) is 6.66. The molecule has 1 N–H and O–H groups in total. The number of nitrogens with one attached hydrogen (secondary N) is 1. The molecule has 92 valence electrons. The van der Waals surface area contributed by atoms with Crippen molar-refractivity contribution in [1.82, 2.24) is 10.2 Å². The summed E-state index contributed by atoms with van der Waals surface area (Å²) < 4.78 is 5.01. The largest absolute Gasteiger partial charge is 0.383 e. The van der Waals surface area contributed by atoms with Crippen LogP contribution in [0.25, 0.3) is 0 Å². The van der Waals surface area contributed by atoms with Gasteiger partial charge in [-0.1, -0.05) is 6.08 Å². The normalized spacial score (nSPS) is 24.4. The Bertz CT molecular complexity index is 243. The van der Waals surface area contributed by atoms with Gasteiger partial charge in [0.1, 0.15) is 0 Å². The van der Waals surface area contributed by atoms with E-state index in [2.05, 4.69) is 18.8 Å². The van der Waals surface area contributed by atoms with E-state index >= 15 is 0 Å². The van der Waals surface area contributed by atoms with Crippen molar-refractivity contribution in [2.45, 2.75) is 19.4 Å². The highest BCUT2D eigenvalue weighted by atomic mass is 16.5. The number of rotatable bonds is 6. The van der Waals surface area contributed by atoms with Gasteiger partial charge < -0.3 is 15.0 Å². The third-order valence-electron chi connectivity index (χ3n) is 3.07. The van der Waals surface area contributed by atoms with E-state index in [1.165, 1.54) is 0 Å². The Hall–Kier alpha value is -0.870. The number of hydrogen-bond donors (Lipinski definition) is 1. The van der Waals surface area contributed by atoms with Crippen molar-refractivity contribution in [3.8, 4) is 0 Å². The molecule has 0 aromatic heterocycles. The summed E-state index contributed by atoms with van der Waals surface area (Å²) in [7, 11) is 1.65. The molecule has 1 heterocycles. The van der Waals surface area contributed by atoms with Crippen molar-refractivity contribution < 1.29 is 9.53 Å². The summed E-state index contributed by atoms with van der Waals surface area (Å²) >= 11 is 0. The van der Waals surface area contributed by atoms with Crippen molar-refractivity contribution in [3.05, 3.63) is 12.7 Å². The SMILES string of the molecule is C=CCN(CCOC)C(=O)C1CCNC1C. The van der Waals surface area contributed by atoms with Crippen LogP contribution in [0.2, 0.25) is 0 Å². The lowest BCUT2D eigenvalue weighted by molar-refractivity contribution is -0.135. The summed E-state index contributed by atoms with van der Waals surface area (Å²) in [6.07, 6.45) is 2.70. The predicted molar refractivity (Wildman–Crippen MR) is 64.2 cm³/mol.